The molecule has 1 aromatic carbocycles. The van der Waals surface area contributed by atoms with Crippen LogP contribution in [0.2, 0.25) is 0 Å². The van der Waals surface area contributed by atoms with E-state index in [4.69, 9.17) is 4.42 Å². The molecule has 0 aliphatic rings. The molecular weight excluding hydrogens is 251 g/mol. The van der Waals surface area contributed by atoms with Crippen molar-refractivity contribution in [2.45, 2.75) is 18.7 Å². The monoisotopic (exact) mass is 264 g/mol. The Bertz CT molecular complexity index is 597. The Hall–Kier alpha value is -1.68. The fourth-order valence-corrected chi connectivity index (χ4v) is 2.30. The van der Waals surface area contributed by atoms with E-state index in [1.807, 2.05) is 6.92 Å². The van der Waals surface area contributed by atoms with E-state index in [0.29, 0.717) is 16.4 Å². The Kier molecular flexibility index (Phi) is 3.77. The molecule has 0 bridgehead atoms. The van der Waals surface area contributed by atoms with Gasteiger partial charge in [0.15, 0.2) is 5.16 Å². The molecule has 0 amide bonds. The molecule has 1 aromatic heterocycles. The first-order chi connectivity index (χ1) is 8.56. The van der Waals surface area contributed by atoms with Crippen LogP contribution in [0.25, 0.3) is 6.08 Å². The predicted molar refractivity (Wildman–Crippen MR) is 70.1 cm³/mol. The van der Waals surface area contributed by atoms with Crippen molar-refractivity contribution in [2.75, 3.05) is 0 Å². The Balaban J connectivity index is 2.23. The highest BCUT2D eigenvalue weighted by atomic mass is 32.2. The van der Waals surface area contributed by atoms with Gasteiger partial charge in [0.2, 0.25) is 0 Å². The molecular formula is C14H13FO2S. The van der Waals surface area contributed by atoms with Gasteiger partial charge >= 0.3 is 0 Å². The number of hydrogen-bond acceptors (Lipinski definition) is 2. The molecule has 0 aliphatic heterocycles. The molecule has 18 heavy (non-hydrogen) atoms. The van der Waals surface area contributed by atoms with Crippen molar-refractivity contribution < 1.29 is 13.0 Å². The average Bonchev–Trinajstić information content (AvgIpc) is 2.75. The fourth-order valence-electron chi connectivity index (χ4n) is 1.47. The maximum Gasteiger partial charge on any atom is 0.195 e. The molecule has 0 saturated carbocycles. The summed E-state index contributed by atoms with van der Waals surface area (Å²) in [5.41, 5.74) is 1.04. The van der Waals surface area contributed by atoms with Gasteiger partial charge in [0.1, 0.15) is 22.3 Å². The maximum absolute atomic E-state index is 13.8. The Morgan fingerprint density at radius 3 is 2.39 bits per heavy atom. The third-order valence-corrected chi connectivity index (χ3v) is 3.60. The van der Waals surface area contributed by atoms with Gasteiger partial charge in [0.05, 0.1) is 0 Å². The maximum atomic E-state index is 13.8. The van der Waals surface area contributed by atoms with Crippen LogP contribution in [0.15, 0.2) is 50.9 Å². The zero-order valence-electron chi connectivity index (χ0n) is 10.1. The number of benzene rings is 1. The van der Waals surface area contributed by atoms with Gasteiger partial charge < -0.3 is 4.42 Å². The van der Waals surface area contributed by atoms with Crippen LogP contribution >= 0.6 is 0 Å². The van der Waals surface area contributed by atoms with Gasteiger partial charge in [0, 0.05) is 11.0 Å². The molecule has 0 N–H and O–H groups in total. The lowest BCUT2D eigenvalue weighted by Gasteiger charge is -1.99. The minimum atomic E-state index is -1.79. The fraction of sp³-hybridized carbons (Fsp3) is 0.143. The molecule has 0 fully saturated rings. The van der Waals surface area contributed by atoms with Gasteiger partial charge in [-0.1, -0.05) is 17.7 Å². The van der Waals surface area contributed by atoms with Gasteiger partial charge in [-0.15, -0.1) is 0 Å². The van der Waals surface area contributed by atoms with E-state index in [2.05, 4.69) is 0 Å². The molecule has 0 saturated heterocycles. The van der Waals surface area contributed by atoms with Gasteiger partial charge in [-0.05, 0) is 38.1 Å². The van der Waals surface area contributed by atoms with Crippen LogP contribution in [0.1, 0.15) is 17.1 Å². The number of aryl methyl sites for hydroxylation is 2. The first-order valence-electron chi connectivity index (χ1n) is 5.48. The first kappa shape index (κ1) is 12.8. The van der Waals surface area contributed by atoms with E-state index in [9.17, 15) is 8.60 Å². The summed E-state index contributed by atoms with van der Waals surface area (Å²) in [6.45, 7) is 3.69. The van der Waals surface area contributed by atoms with Crippen LogP contribution in [0.4, 0.5) is 4.39 Å². The zero-order valence-corrected chi connectivity index (χ0v) is 11.0. The molecule has 2 rings (SSSR count). The lowest BCUT2D eigenvalue weighted by molar-refractivity contribution is 0.523. The van der Waals surface area contributed by atoms with Crippen molar-refractivity contribution in [1.82, 2.24) is 0 Å². The summed E-state index contributed by atoms with van der Waals surface area (Å²) in [7, 11) is -1.79. The number of rotatable bonds is 3. The van der Waals surface area contributed by atoms with Crippen LogP contribution in [0.3, 0.4) is 0 Å². The van der Waals surface area contributed by atoms with E-state index in [1.54, 1.807) is 43.3 Å². The highest BCUT2D eigenvalue weighted by Gasteiger charge is 2.10. The SMILES string of the molecule is Cc1ccc([S@](=O)/C(F)=C\c2ccc(C)o2)cc1. The van der Waals surface area contributed by atoms with Crippen molar-refractivity contribution in [3.8, 4) is 0 Å². The molecule has 1 heterocycles. The van der Waals surface area contributed by atoms with E-state index in [0.717, 1.165) is 11.6 Å². The van der Waals surface area contributed by atoms with Gasteiger partial charge in [0.25, 0.3) is 0 Å². The van der Waals surface area contributed by atoms with E-state index in [-0.39, 0.29) is 0 Å². The topological polar surface area (TPSA) is 30.2 Å². The Morgan fingerprint density at radius 1 is 1.17 bits per heavy atom. The molecule has 0 unspecified atom stereocenters. The number of hydrogen-bond donors (Lipinski definition) is 0. The molecule has 0 radical (unpaired) electrons. The van der Waals surface area contributed by atoms with Gasteiger partial charge in [-0.25, -0.2) is 4.21 Å². The minimum Gasteiger partial charge on any atom is -0.462 e. The second-order valence-corrected chi connectivity index (χ2v) is 5.38. The van der Waals surface area contributed by atoms with E-state index >= 15 is 0 Å². The van der Waals surface area contributed by atoms with E-state index in [1.165, 1.54) is 0 Å². The lowest BCUT2D eigenvalue weighted by atomic mass is 10.2. The Morgan fingerprint density at radius 2 is 1.83 bits per heavy atom. The second kappa shape index (κ2) is 5.31. The third kappa shape index (κ3) is 2.96. The quantitative estimate of drug-likeness (QED) is 0.839. The van der Waals surface area contributed by atoms with Crippen molar-refractivity contribution in [3.05, 3.63) is 58.6 Å². The number of halogens is 1. The summed E-state index contributed by atoms with van der Waals surface area (Å²) in [5.74, 6) is 1.06. The Labute approximate surface area is 108 Å². The molecule has 2 aromatic rings. The van der Waals surface area contributed by atoms with Crippen molar-refractivity contribution in [1.29, 1.82) is 0 Å². The van der Waals surface area contributed by atoms with Crippen LogP contribution in [0.5, 0.6) is 0 Å². The summed E-state index contributed by atoms with van der Waals surface area (Å²) in [6, 6.07) is 10.3. The molecule has 1 atom stereocenters. The molecule has 2 nitrogen and oxygen atoms in total. The van der Waals surface area contributed by atoms with Crippen molar-refractivity contribution >= 4 is 16.9 Å². The largest absolute Gasteiger partial charge is 0.462 e. The first-order valence-corrected chi connectivity index (χ1v) is 6.63. The molecule has 0 spiro atoms. The van der Waals surface area contributed by atoms with Crippen LogP contribution < -0.4 is 0 Å². The summed E-state index contributed by atoms with van der Waals surface area (Å²) >= 11 is 0. The highest BCUT2D eigenvalue weighted by molar-refractivity contribution is 7.89. The van der Waals surface area contributed by atoms with Crippen LogP contribution in [-0.4, -0.2) is 4.21 Å². The van der Waals surface area contributed by atoms with Crippen molar-refractivity contribution in [2.24, 2.45) is 0 Å². The third-order valence-electron chi connectivity index (χ3n) is 2.43. The van der Waals surface area contributed by atoms with Gasteiger partial charge in [-0.3, -0.25) is 0 Å². The lowest BCUT2D eigenvalue weighted by Crippen LogP contribution is -1.91. The summed E-state index contributed by atoms with van der Waals surface area (Å²) in [6.07, 6.45) is 1.16. The standard InChI is InChI=1S/C14H13FO2S/c1-10-3-7-13(8-4-10)18(16)14(15)9-12-6-5-11(2)17-12/h3-9H,1-2H3/b14-9-/t18-/m0/s1. The summed E-state index contributed by atoms with van der Waals surface area (Å²) in [4.78, 5) is 0.442. The van der Waals surface area contributed by atoms with Crippen LogP contribution in [0, 0.1) is 13.8 Å². The second-order valence-electron chi connectivity index (χ2n) is 3.98. The molecule has 4 heteroatoms. The predicted octanol–water partition coefficient (Wildman–Crippen LogP) is 3.97. The molecule has 94 valence electrons. The average molecular weight is 264 g/mol. The zero-order chi connectivity index (χ0) is 13.1. The minimum absolute atomic E-state index is 0.366. The van der Waals surface area contributed by atoms with E-state index < -0.39 is 16.0 Å². The molecule has 0 aliphatic carbocycles. The highest BCUT2D eigenvalue weighted by Crippen LogP contribution is 2.19. The van der Waals surface area contributed by atoms with Crippen LogP contribution in [-0.2, 0) is 10.8 Å². The number of furan rings is 1. The smallest absolute Gasteiger partial charge is 0.195 e. The summed E-state index contributed by atoms with van der Waals surface area (Å²) in [5, 5.41) is -0.715. The van der Waals surface area contributed by atoms with Gasteiger partial charge in [-0.2, -0.15) is 4.39 Å². The normalized spacial score (nSPS) is 13.6. The summed E-state index contributed by atoms with van der Waals surface area (Å²) < 4.78 is 30.9. The van der Waals surface area contributed by atoms with Crippen molar-refractivity contribution in [3.63, 3.8) is 0 Å².